The van der Waals surface area contributed by atoms with E-state index < -0.39 is 0 Å². The third-order valence-electron chi connectivity index (χ3n) is 4.12. The number of likely N-dealkylation sites (tertiary alicyclic amines) is 2. The van der Waals surface area contributed by atoms with Gasteiger partial charge in [-0.1, -0.05) is 20.4 Å². The molecule has 92 valence electrons. The molecule has 0 aromatic carbocycles. The van der Waals surface area contributed by atoms with E-state index in [9.17, 15) is 0 Å². The van der Waals surface area contributed by atoms with Crippen molar-refractivity contribution in [2.75, 3.05) is 26.2 Å². The molecule has 0 aromatic heterocycles. The molecule has 3 atom stereocenters. The maximum atomic E-state index is 4.05. The van der Waals surface area contributed by atoms with Crippen molar-refractivity contribution in [3.8, 4) is 0 Å². The van der Waals surface area contributed by atoms with Crippen molar-refractivity contribution in [2.45, 2.75) is 39.7 Å². The lowest BCUT2D eigenvalue weighted by Gasteiger charge is -2.38. The summed E-state index contributed by atoms with van der Waals surface area (Å²) in [5.41, 5.74) is 1.24. The van der Waals surface area contributed by atoms with Gasteiger partial charge in [-0.05, 0) is 31.6 Å². The highest BCUT2D eigenvalue weighted by Crippen LogP contribution is 2.26. The van der Waals surface area contributed by atoms with Crippen molar-refractivity contribution >= 4 is 0 Å². The monoisotopic (exact) mass is 222 g/mol. The number of piperidine rings is 1. The van der Waals surface area contributed by atoms with Crippen LogP contribution in [0.3, 0.4) is 0 Å². The second-order valence-electron chi connectivity index (χ2n) is 6.02. The largest absolute Gasteiger partial charge is 0.374 e. The predicted octanol–water partition coefficient (Wildman–Crippen LogP) is 2.57. The van der Waals surface area contributed by atoms with E-state index in [1.165, 1.54) is 44.7 Å². The zero-order valence-corrected chi connectivity index (χ0v) is 11.1. The van der Waals surface area contributed by atoms with Crippen LogP contribution in [0, 0.1) is 11.8 Å². The maximum Gasteiger partial charge on any atom is 0.0331 e. The zero-order chi connectivity index (χ0) is 11.7. The van der Waals surface area contributed by atoms with Crippen molar-refractivity contribution in [1.82, 2.24) is 9.80 Å². The van der Waals surface area contributed by atoms with Crippen LogP contribution in [0.5, 0.6) is 0 Å². The van der Waals surface area contributed by atoms with Crippen LogP contribution in [0.4, 0.5) is 0 Å². The number of hydrogen-bond donors (Lipinski definition) is 0. The highest BCUT2D eigenvalue weighted by atomic mass is 15.3. The topological polar surface area (TPSA) is 6.48 Å². The molecule has 0 aliphatic carbocycles. The van der Waals surface area contributed by atoms with E-state index in [2.05, 4.69) is 37.1 Å². The number of hydrogen-bond acceptors (Lipinski definition) is 2. The molecule has 0 amide bonds. The highest BCUT2D eigenvalue weighted by molar-refractivity contribution is 4.97. The minimum Gasteiger partial charge on any atom is -0.374 e. The van der Waals surface area contributed by atoms with Gasteiger partial charge >= 0.3 is 0 Å². The molecule has 0 radical (unpaired) electrons. The summed E-state index contributed by atoms with van der Waals surface area (Å²) in [6.07, 6.45) is 2.74. The SMILES string of the molecule is C=C(C)N1CCC(N2CC(C)CC(C)C2)C1. The molecule has 2 aliphatic rings. The quantitative estimate of drug-likeness (QED) is 0.708. The van der Waals surface area contributed by atoms with Gasteiger partial charge in [0.25, 0.3) is 0 Å². The molecule has 2 heteroatoms. The molecule has 0 bridgehead atoms. The number of allylic oxidation sites excluding steroid dienone is 1. The summed E-state index contributed by atoms with van der Waals surface area (Å²) >= 11 is 0. The fourth-order valence-electron chi connectivity index (χ4n) is 3.40. The molecule has 2 heterocycles. The average Bonchev–Trinajstić information content (AvgIpc) is 2.64. The Balaban J connectivity index is 1.91. The summed E-state index contributed by atoms with van der Waals surface area (Å²) in [7, 11) is 0. The van der Waals surface area contributed by atoms with E-state index in [-0.39, 0.29) is 0 Å². The number of rotatable bonds is 2. The minimum atomic E-state index is 0.780. The Kier molecular flexibility index (Phi) is 3.58. The van der Waals surface area contributed by atoms with Gasteiger partial charge in [-0.3, -0.25) is 4.90 Å². The Morgan fingerprint density at radius 1 is 1.12 bits per heavy atom. The first kappa shape index (κ1) is 12.0. The van der Waals surface area contributed by atoms with Crippen molar-refractivity contribution in [3.63, 3.8) is 0 Å². The molecular weight excluding hydrogens is 196 g/mol. The first-order valence-electron chi connectivity index (χ1n) is 6.70. The van der Waals surface area contributed by atoms with Gasteiger partial charge in [0.2, 0.25) is 0 Å². The van der Waals surface area contributed by atoms with Gasteiger partial charge in [0.05, 0.1) is 0 Å². The van der Waals surface area contributed by atoms with Crippen molar-refractivity contribution in [3.05, 3.63) is 12.3 Å². The van der Waals surface area contributed by atoms with Crippen LogP contribution >= 0.6 is 0 Å². The third kappa shape index (κ3) is 2.60. The lowest BCUT2D eigenvalue weighted by Crippen LogP contribution is -2.46. The summed E-state index contributed by atoms with van der Waals surface area (Å²) in [5, 5.41) is 0. The van der Waals surface area contributed by atoms with Gasteiger partial charge < -0.3 is 4.90 Å². The van der Waals surface area contributed by atoms with Gasteiger partial charge in [-0.25, -0.2) is 0 Å². The molecule has 3 unspecified atom stereocenters. The maximum absolute atomic E-state index is 4.05. The summed E-state index contributed by atoms with van der Waals surface area (Å²) in [5.74, 6) is 1.75. The van der Waals surface area contributed by atoms with Gasteiger partial charge in [-0.2, -0.15) is 0 Å². The number of nitrogens with zero attached hydrogens (tertiary/aromatic N) is 2. The fourth-order valence-corrected chi connectivity index (χ4v) is 3.40. The fraction of sp³-hybridized carbons (Fsp3) is 0.857. The first-order valence-corrected chi connectivity index (χ1v) is 6.70. The minimum absolute atomic E-state index is 0.780. The van der Waals surface area contributed by atoms with E-state index >= 15 is 0 Å². The highest BCUT2D eigenvalue weighted by Gasteiger charge is 2.31. The Morgan fingerprint density at radius 2 is 1.75 bits per heavy atom. The van der Waals surface area contributed by atoms with Crippen LogP contribution in [0.15, 0.2) is 12.3 Å². The Hall–Kier alpha value is -0.500. The van der Waals surface area contributed by atoms with E-state index in [1.54, 1.807) is 0 Å². The molecule has 2 saturated heterocycles. The van der Waals surface area contributed by atoms with Gasteiger partial charge in [0.15, 0.2) is 0 Å². The summed E-state index contributed by atoms with van der Waals surface area (Å²) in [6, 6.07) is 0.780. The molecule has 2 aliphatic heterocycles. The van der Waals surface area contributed by atoms with E-state index in [1.807, 2.05) is 0 Å². The molecule has 2 fully saturated rings. The zero-order valence-electron chi connectivity index (χ0n) is 11.1. The van der Waals surface area contributed by atoms with Crippen LogP contribution in [0.1, 0.15) is 33.6 Å². The second kappa shape index (κ2) is 4.79. The van der Waals surface area contributed by atoms with Gasteiger partial charge in [-0.15, -0.1) is 0 Å². The Bertz CT molecular complexity index is 251. The van der Waals surface area contributed by atoms with E-state index in [0.29, 0.717) is 0 Å². The van der Waals surface area contributed by atoms with Crippen molar-refractivity contribution in [1.29, 1.82) is 0 Å². The smallest absolute Gasteiger partial charge is 0.0331 e. The molecule has 0 saturated carbocycles. The Labute approximate surface area is 100 Å². The average molecular weight is 222 g/mol. The lowest BCUT2D eigenvalue weighted by atomic mass is 9.91. The van der Waals surface area contributed by atoms with Gasteiger partial charge in [0, 0.05) is 37.9 Å². The first-order chi connectivity index (χ1) is 7.56. The molecule has 16 heavy (non-hydrogen) atoms. The standard InChI is InChI=1S/C14H26N2/c1-11(2)15-6-5-14(10-15)16-8-12(3)7-13(4)9-16/h12-14H,1,5-10H2,2-4H3. The van der Waals surface area contributed by atoms with E-state index in [4.69, 9.17) is 0 Å². The van der Waals surface area contributed by atoms with Crippen molar-refractivity contribution in [2.24, 2.45) is 11.8 Å². The molecule has 2 nitrogen and oxygen atoms in total. The van der Waals surface area contributed by atoms with Crippen LogP contribution in [0.2, 0.25) is 0 Å². The predicted molar refractivity (Wildman–Crippen MR) is 69.3 cm³/mol. The summed E-state index contributed by atoms with van der Waals surface area (Å²) in [4.78, 5) is 5.16. The van der Waals surface area contributed by atoms with Crippen LogP contribution in [-0.4, -0.2) is 42.0 Å². The Morgan fingerprint density at radius 3 is 2.25 bits per heavy atom. The van der Waals surface area contributed by atoms with Crippen LogP contribution in [0.25, 0.3) is 0 Å². The molecule has 2 rings (SSSR count). The normalized spacial score (nSPS) is 36.7. The molecule has 0 spiro atoms. The van der Waals surface area contributed by atoms with Gasteiger partial charge in [0.1, 0.15) is 0 Å². The van der Waals surface area contributed by atoms with Crippen LogP contribution < -0.4 is 0 Å². The second-order valence-corrected chi connectivity index (χ2v) is 6.02. The lowest BCUT2D eigenvalue weighted by molar-refractivity contribution is 0.0993. The molecular formula is C14H26N2. The third-order valence-corrected chi connectivity index (χ3v) is 4.12. The molecule has 0 aromatic rings. The summed E-state index contributed by atoms with van der Waals surface area (Å²) < 4.78 is 0. The molecule has 0 N–H and O–H groups in total. The van der Waals surface area contributed by atoms with Crippen LogP contribution in [-0.2, 0) is 0 Å². The van der Waals surface area contributed by atoms with E-state index in [0.717, 1.165) is 17.9 Å². The van der Waals surface area contributed by atoms with Crippen molar-refractivity contribution < 1.29 is 0 Å². The summed E-state index contributed by atoms with van der Waals surface area (Å²) in [6.45, 7) is 16.0.